The second-order valence-corrected chi connectivity index (χ2v) is 3.06. The highest BCUT2D eigenvalue weighted by Gasteiger charge is 2.06. The average molecular weight is 239 g/mol. The molecule has 0 radical (unpaired) electrons. The van der Waals surface area contributed by atoms with Crippen LogP contribution in [0.4, 0.5) is 16.2 Å². The van der Waals surface area contributed by atoms with Gasteiger partial charge in [0.2, 0.25) is 12.3 Å². The van der Waals surface area contributed by atoms with Gasteiger partial charge in [-0.1, -0.05) is 5.16 Å². The molecule has 8 nitrogen and oxygen atoms in total. The topological polar surface area (TPSA) is 115 Å². The van der Waals surface area contributed by atoms with Crippen molar-refractivity contribution in [2.45, 2.75) is 6.42 Å². The van der Waals surface area contributed by atoms with Crippen LogP contribution in [0.25, 0.3) is 0 Å². The van der Waals surface area contributed by atoms with Crippen LogP contribution in [-0.4, -0.2) is 26.7 Å². The Bertz CT molecular complexity index is 475. The van der Waals surface area contributed by atoms with Crippen molar-refractivity contribution in [1.29, 1.82) is 0 Å². The van der Waals surface area contributed by atoms with E-state index >= 15 is 0 Å². The van der Waals surface area contributed by atoms with Gasteiger partial charge >= 0.3 is 0 Å². The third-order valence-electron chi connectivity index (χ3n) is 1.92. The van der Waals surface area contributed by atoms with Crippen LogP contribution >= 0.6 is 0 Å². The molecule has 0 atom stereocenters. The molecule has 4 N–H and O–H groups in total. The molecular formula is C8H10FN7O. The van der Waals surface area contributed by atoms with E-state index in [1.54, 1.807) is 0 Å². The molecule has 0 spiro atoms. The Morgan fingerprint density at radius 3 is 3.00 bits per heavy atom. The molecule has 0 aromatic carbocycles. The van der Waals surface area contributed by atoms with Crippen molar-refractivity contribution in [3.8, 4) is 0 Å². The second-order valence-electron chi connectivity index (χ2n) is 3.06. The fourth-order valence-corrected chi connectivity index (χ4v) is 1.16. The third-order valence-corrected chi connectivity index (χ3v) is 1.92. The fourth-order valence-electron chi connectivity index (χ4n) is 1.16. The number of nitrogens with one attached hydrogen (secondary N) is 2. The number of nitrogens with zero attached hydrogens (tertiary/aromatic N) is 4. The number of rotatable bonds is 5. The molecule has 0 saturated carbocycles. The Hall–Kier alpha value is -2.29. The Labute approximate surface area is 95.4 Å². The Kier molecular flexibility index (Phi) is 3.40. The molecule has 9 heteroatoms. The third kappa shape index (κ3) is 2.84. The molecule has 2 heterocycles. The Morgan fingerprint density at radius 2 is 2.29 bits per heavy atom. The number of aromatic nitrogens is 4. The summed E-state index contributed by atoms with van der Waals surface area (Å²) in [6.45, 7) is 0.414. The molecule has 0 bridgehead atoms. The summed E-state index contributed by atoms with van der Waals surface area (Å²) >= 11 is 0. The first-order valence-corrected chi connectivity index (χ1v) is 4.78. The maximum absolute atomic E-state index is 13.3. The second kappa shape index (κ2) is 5.16. The van der Waals surface area contributed by atoms with Crippen molar-refractivity contribution in [1.82, 2.24) is 20.1 Å². The maximum Gasteiger partial charge on any atom is 0.239 e. The van der Waals surface area contributed by atoms with Crippen molar-refractivity contribution in [3.63, 3.8) is 0 Å². The maximum atomic E-state index is 13.3. The van der Waals surface area contributed by atoms with E-state index in [2.05, 4.69) is 35.4 Å². The Balaban J connectivity index is 1.94. The van der Waals surface area contributed by atoms with Gasteiger partial charge in [0, 0.05) is 13.0 Å². The molecule has 0 aliphatic carbocycles. The summed E-state index contributed by atoms with van der Waals surface area (Å²) in [6, 6.07) is 0. The first-order chi connectivity index (χ1) is 8.29. The number of hydrogen-bond acceptors (Lipinski definition) is 8. The normalized spacial score (nSPS) is 10.2. The number of hydrogen-bond donors (Lipinski definition) is 3. The summed E-state index contributed by atoms with van der Waals surface area (Å²) < 4.78 is 17.8. The molecule has 0 saturated heterocycles. The Morgan fingerprint density at radius 1 is 1.41 bits per heavy atom. The quantitative estimate of drug-likeness (QED) is 0.491. The van der Waals surface area contributed by atoms with E-state index in [4.69, 9.17) is 5.84 Å². The van der Waals surface area contributed by atoms with E-state index < -0.39 is 5.82 Å². The molecule has 0 unspecified atom stereocenters. The van der Waals surface area contributed by atoms with Crippen molar-refractivity contribution >= 4 is 11.8 Å². The summed E-state index contributed by atoms with van der Waals surface area (Å²) in [4.78, 5) is 11.3. The van der Waals surface area contributed by atoms with E-state index in [0.29, 0.717) is 18.8 Å². The van der Waals surface area contributed by atoms with Gasteiger partial charge in [0.25, 0.3) is 0 Å². The lowest BCUT2D eigenvalue weighted by atomic mass is 10.4. The highest BCUT2D eigenvalue weighted by atomic mass is 19.1. The summed E-state index contributed by atoms with van der Waals surface area (Å²) in [7, 11) is 0. The largest absolute Gasteiger partial charge is 0.367 e. The number of nitrogens with two attached hydrogens (primary N) is 1. The van der Waals surface area contributed by atoms with Crippen LogP contribution < -0.4 is 16.6 Å². The van der Waals surface area contributed by atoms with Gasteiger partial charge < -0.3 is 9.84 Å². The highest BCUT2D eigenvalue weighted by molar-refractivity contribution is 5.40. The molecule has 0 aliphatic rings. The number of anilines is 2. The van der Waals surface area contributed by atoms with E-state index in [-0.39, 0.29) is 11.8 Å². The van der Waals surface area contributed by atoms with Crippen LogP contribution in [0.1, 0.15) is 5.82 Å². The number of hydrazine groups is 1. The lowest BCUT2D eigenvalue weighted by molar-refractivity contribution is 0.410. The van der Waals surface area contributed by atoms with Crippen LogP contribution in [0.15, 0.2) is 17.1 Å². The lowest BCUT2D eigenvalue weighted by Crippen LogP contribution is -2.14. The van der Waals surface area contributed by atoms with Crippen molar-refractivity contribution < 1.29 is 8.91 Å². The molecular weight excluding hydrogens is 229 g/mol. The van der Waals surface area contributed by atoms with Crippen LogP contribution in [0.5, 0.6) is 0 Å². The summed E-state index contributed by atoms with van der Waals surface area (Å²) in [5, 5.41) is 6.40. The van der Waals surface area contributed by atoms with E-state index in [0.717, 1.165) is 6.20 Å². The molecule has 2 rings (SSSR count). The molecule has 0 amide bonds. The predicted octanol–water partition coefficient (Wildman–Crippen LogP) is -0.0611. The van der Waals surface area contributed by atoms with Crippen molar-refractivity contribution in [2.24, 2.45) is 5.84 Å². The first kappa shape index (κ1) is 11.2. The zero-order chi connectivity index (χ0) is 12.1. The van der Waals surface area contributed by atoms with Gasteiger partial charge in [-0.2, -0.15) is 9.97 Å². The number of nitrogen functional groups attached to an aromatic ring is 1. The van der Waals surface area contributed by atoms with Gasteiger partial charge in [-0.25, -0.2) is 15.2 Å². The number of halogens is 1. The highest BCUT2D eigenvalue weighted by Crippen LogP contribution is 2.10. The molecule has 90 valence electrons. The molecule has 0 fully saturated rings. The summed E-state index contributed by atoms with van der Waals surface area (Å²) in [5.41, 5.74) is 2.23. The molecule has 2 aromatic rings. The molecule has 0 aliphatic heterocycles. The standard InChI is InChI=1S/C8H10FN7O/c9-5-3-12-8(15-10)14-7(5)11-2-1-6-13-4-17-16-6/h3-4H,1-2,10H2,(H2,11,12,14,15). The summed E-state index contributed by atoms with van der Waals surface area (Å²) in [5.74, 6) is 5.29. The minimum Gasteiger partial charge on any atom is -0.367 e. The van der Waals surface area contributed by atoms with Gasteiger partial charge in [0.05, 0.1) is 6.20 Å². The van der Waals surface area contributed by atoms with Gasteiger partial charge in [-0.15, -0.1) is 0 Å². The minimum atomic E-state index is -0.558. The zero-order valence-corrected chi connectivity index (χ0v) is 8.72. The molecule has 2 aromatic heterocycles. The summed E-state index contributed by atoms with van der Waals surface area (Å²) in [6.07, 6.45) is 2.75. The van der Waals surface area contributed by atoms with Crippen molar-refractivity contribution in [3.05, 3.63) is 24.2 Å². The fraction of sp³-hybridized carbons (Fsp3) is 0.250. The average Bonchev–Trinajstić information content (AvgIpc) is 2.84. The van der Waals surface area contributed by atoms with Gasteiger partial charge in [-0.05, 0) is 0 Å². The smallest absolute Gasteiger partial charge is 0.239 e. The van der Waals surface area contributed by atoms with Gasteiger partial charge in [0.15, 0.2) is 17.5 Å². The predicted molar refractivity (Wildman–Crippen MR) is 56.3 cm³/mol. The lowest BCUT2D eigenvalue weighted by Gasteiger charge is -2.06. The van der Waals surface area contributed by atoms with E-state index in [1.807, 2.05) is 0 Å². The zero-order valence-electron chi connectivity index (χ0n) is 8.72. The van der Waals surface area contributed by atoms with Crippen molar-refractivity contribution in [2.75, 3.05) is 17.3 Å². The van der Waals surface area contributed by atoms with Crippen LogP contribution in [0.3, 0.4) is 0 Å². The minimum absolute atomic E-state index is 0.0662. The van der Waals surface area contributed by atoms with Crippen LogP contribution in [0.2, 0.25) is 0 Å². The van der Waals surface area contributed by atoms with Gasteiger partial charge in [0.1, 0.15) is 0 Å². The van der Waals surface area contributed by atoms with Gasteiger partial charge in [-0.3, -0.25) is 5.43 Å². The van der Waals surface area contributed by atoms with Crippen LogP contribution in [0, 0.1) is 5.82 Å². The van der Waals surface area contributed by atoms with E-state index in [9.17, 15) is 4.39 Å². The first-order valence-electron chi connectivity index (χ1n) is 4.78. The monoisotopic (exact) mass is 239 g/mol. The van der Waals surface area contributed by atoms with E-state index in [1.165, 1.54) is 6.39 Å². The van der Waals surface area contributed by atoms with Crippen LogP contribution in [-0.2, 0) is 6.42 Å². The SMILES string of the molecule is NNc1ncc(F)c(NCCc2ncon2)n1. The molecule has 17 heavy (non-hydrogen) atoms.